The highest BCUT2D eigenvalue weighted by molar-refractivity contribution is 6.02. The summed E-state index contributed by atoms with van der Waals surface area (Å²) in [6.45, 7) is 2.65. The third kappa shape index (κ3) is 2.14. The minimum Gasteiger partial charge on any atom is -0.378 e. The molecule has 20 heavy (non-hydrogen) atoms. The Balaban J connectivity index is 1.89. The van der Waals surface area contributed by atoms with Crippen LogP contribution in [0, 0.1) is 5.41 Å². The number of piperidine rings is 1. The van der Waals surface area contributed by atoms with Gasteiger partial charge in [-0.1, -0.05) is 30.3 Å². The molecular formula is C16H19NO3. The maximum Gasteiger partial charge on any atom is 0.234 e. The van der Waals surface area contributed by atoms with E-state index in [1.807, 2.05) is 37.3 Å². The molecule has 1 aromatic rings. The number of hydrogen-bond donors (Lipinski definition) is 1. The Morgan fingerprint density at radius 3 is 2.60 bits per heavy atom. The van der Waals surface area contributed by atoms with Crippen molar-refractivity contribution in [3.63, 3.8) is 0 Å². The highest BCUT2D eigenvalue weighted by Crippen LogP contribution is 2.56. The summed E-state index contributed by atoms with van der Waals surface area (Å²) >= 11 is 0. The number of carbonyl (C=O) groups excluding carboxylic acids is 2. The van der Waals surface area contributed by atoms with Crippen LogP contribution in [0.3, 0.4) is 0 Å². The zero-order chi connectivity index (χ0) is 14.2. The maximum atomic E-state index is 12.3. The maximum absolute atomic E-state index is 12.3. The Bertz CT molecular complexity index is 520. The molecule has 1 heterocycles. The number of nitrogens with one attached hydrogen (secondary N) is 1. The van der Waals surface area contributed by atoms with Crippen molar-refractivity contribution in [2.75, 3.05) is 6.61 Å². The molecule has 2 aliphatic rings. The van der Waals surface area contributed by atoms with E-state index in [9.17, 15) is 9.59 Å². The van der Waals surface area contributed by atoms with Gasteiger partial charge in [-0.15, -0.1) is 0 Å². The summed E-state index contributed by atoms with van der Waals surface area (Å²) in [6.07, 6.45) is 2.19. The van der Waals surface area contributed by atoms with Gasteiger partial charge in [0.2, 0.25) is 11.8 Å². The van der Waals surface area contributed by atoms with E-state index < -0.39 is 0 Å². The first-order valence-electron chi connectivity index (χ1n) is 7.15. The molecule has 2 amide bonds. The molecule has 1 saturated carbocycles. The van der Waals surface area contributed by atoms with E-state index in [1.165, 1.54) is 0 Å². The summed E-state index contributed by atoms with van der Waals surface area (Å²) in [7, 11) is 0. The van der Waals surface area contributed by atoms with E-state index in [1.54, 1.807) is 0 Å². The topological polar surface area (TPSA) is 55.4 Å². The lowest BCUT2D eigenvalue weighted by atomic mass is 9.54. The number of carbonyl (C=O) groups is 2. The zero-order valence-electron chi connectivity index (χ0n) is 11.6. The van der Waals surface area contributed by atoms with Crippen molar-refractivity contribution in [1.82, 2.24) is 5.32 Å². The van der Waals surface area contributed by atoms with Gasteiger partial charge in [0.05, 0.1) is 12.0 Å². The van der Waals surface area contributed by atoms with E-state index in [2.05, 4.69) is 5.32 Å². The Labute approximate surface area is 118 Å². The zero-order valence-corrected chi connectivity index (χ0v) is 11.6. The van der Waals surface area contributed by atoms with Crippen molar-refractivity contribution in [2.24, 2.45) is 5.41 Å². The van der Waals surface area contributed by atoms with Crippen molar-refractivity contribution >= 4 is 11.8 Å². The second-order valence-electron chi connectivity index (χ2n) is 5.78. The molecule has 1 N–H and O–H groups in total. The Morgan fingerprint density at radius 2 is 1.95 bits per heavy atom. The molecule has 1 unspecified atom stereocenters. The number of rotatable bonds is 3. The molecule has 106 valence electrons. The van der Waals surface area contributed by atoms with Gasteiger partial charge in [-0.2, -0.15) is 0 Å². The molecular weight excluding hydrogens is 254 g/mol. The first-order valence-corrected chi connectivity index (χ1v) is 7.15. The van der Waals surface area contributed by atoms with Gasteiger partial charge in [-0.05, 0) is 30.7 Å². The summed E-state index contributed by atoms with van der Waals surface area (Å²) in [5.41, 5.74) is 0.744. The van der Waals surface area contributed by atoms with E-state index in [4.69, 9.17) is 4.74 Å². The van der Waals surface area contributed by atoms with Gasteiger partial charge in [-0.3, -0.25) is 14.9 Å². The van der Waals surface area contributed by atoms with Gasteiger partial charge in [0.25, 0.3) is 0 Å². The summed E-state index contributed by atoms with van der Waals surface area (Å²) in [5.74, 6) is -0.558. The van der Waals surface area contributed by atoms with Gasteiger partial charge in [-0.25, -0.2) is 0 Å². The van der Waals surface area contributed by atoms with Crippen LogP contribution < -0.4 is 5.32 Å². The van der Waals surface area contributed by atoms with Crippen molar-refractivity contribution in [2.45, 2.75) is 38.2 Å². The van der Waals surface area contributed by atoms with Crippen LogP contribution >= 0.6 is 0 Å². The van der Waals surface area contributed by atoms with Crippen molar-refractivity contribution < 1.29 is 14.3 Å². The fourth-order valence-electron chi connectivity index (χ4n) is 3.68. The summed E-state index contributed by atoms with van der Waals surface area (Å²) in [6, 6.07) is 9.74. The molecule has 4 heteroatoms. The van der Waals surface area contributed by atoms with Gasteiger partial charge in [0.1, 0.15) is 0 Å². The minimum atomic E-state index is -0.249. The van der Waals surface area contributed by atoms with Gasteiger partial charge >= 0.3 is 0 Å². The van der Waals surface area contributed by atoms with Gasteiger partial charge in [0.15, 0.2) is 0 Å². The monoisotopic (exact) mass is 273 g/mol. The van der Waals surface area contributed by atoms with Crippen LogP contribution in [0.2, 0.25) is 0 Å². The number of amides is 2. The molecule has 0 aromatic heterocycles. The standard InChI is InChI=1S/C16H19NO3/c1-2-20-12-8-16(9-12)10-13(18)17-15(19)14(16)11-6-4-3-5-7-11/h3-7,12,14H,2,8-10H2,1H3,(H,17,18,19). The Kier molecular flexibility index (Phi) is 3.34. The number of benzene rings is 1. The number of hydrogen-bond acceptors (Lipinski definition) is 3. The van der Waals surface area contributed by atoms with Crippen LogP contribution in [0.15, 0.2) is 30.3 Å². The molecule has 3 rings (SSSR count). The van der Waals surface area contributed by atoms with Gasteiger partial charge in [0, 0.05) is 13.0 Å². The smallest absolute Gasteiger partial charge is 0.234 e. The lowest BCUT2D eigenvalue weighted by molar-refractivity contribution is -0.153. The molecule has 1 aliphatic carbocycles. The third-order valence-electron chi connectivity index (χ3n) is 4.45. The van der Waals surface area contributed by atoms with Gasteiger partial charge < -0.3 is 4.74 Å². The van der Waals surface area contributed by atoms with Crippen molar-refractivity contribution in [1.29, 1.82) is 0 Å². The largest absolute Gasteiger partial charge is 0.378 e. The Morgan fingerprint density at radius 1 is 1.25 bits per heavy atom. The van der Waals surface area contributed by atoms with Crippen LogP contribution in [-0.2, 0) is 14.3 Å². The molecule has 2 fully saturated rings. The van der Waals surface area contributed by atoms with Crippen LogP contribution in [0.25, 0.3) is 0 Å². The van der Waals surface area contributed by atoms with Crippen molar-refractivity contribution in [3.8, 4) is 0 Å². The average Bonchev–Trinajstić information content (AvgIpc) is 2.37. The van der Waals surface area contributed by atoms with Crippen LogP contribution in [0.4, 0.5) is 0 Å². The summed E-state index contributed by atoms with van der Waals surface area (Å²) in [4.78, 5) is 24.1. The molecule has 1 aromatic carbocycles. The molecule has 1 spiro atoms. The van der Waals surface area contributed by atoms with E-state index in [0.29, 0.717) is 13.0 Å². The van der Waals surface area contributed by atoms with E-state index in [-0.39, 0.29) is 29.3 Å². The molecule has 4 nitrogen and oxygen atoms in total. The third-order valence-corrected chi connectivity index (χ3v) is 4.45. The lowest BCUT2D eigenvalue weighted by Crippen LogP contribution is -2.57. The molecule has 0 bridgehead atoms. The second kappa shape index (κ2) is 5.02. The molecule has 0 radical (unpaired) electrons. The summed E-state index contributed by atoms with van der Waals surface area (Å²) in [5, 5.41) is 2.48. The van der Waals surface area contributed by atoms with E-state index >= 15 is 0 Å². The highest BCUT2D eigenvalue weighted by atomic mass is 16.5. The van der Waals surface area contributed by atoms with Crippen LogP contribution in [-0.4, -0.2) is 24.5 Å². The SMILES string of the molecule is CCOC1CC2(CC(=O)NC(=O)C2c2ccccc2)C1. The predicted octanol–water partition coefficient (Wildman–Crippen LogP) is 2.00. The van der Waals surface area contributed by atoms with Crippen molar-refractivity contribution in [3.05, 3.63) is 35.9 Å². The quantitative estimate of drug-likeness (QED) is 0.857. The molecule has 1 atom stereocenters. The normalized spacial score (nSPS) is 32.9. The predicted molar refractivity (Wildman–Crippen MR) is 74.0 cm³/mol. The fraction of sp³-hybridized carbons (Fsp3) is 0.500. The first-order chi connectivity index (χ1) is 9.64. The first kappa shape index (κ1) is 13.3. The minimum absolute atomic E-state index is 0.155. The van der Waals surface area contributed by atoms with E-state index in [0.717, 1.165) is 18.4 Å². The van der Waals surface area contributed by atoms with Crippen LogP contribution in [0.1, 0.15) is 37.7 Å². The average molecular weight is 273 g/mol. The molecule has 1 aliphatic heterocycles. The molecule has 1 saturated heterocycles. The fourth-order valence-corrected chi connectivity index (χ4v) is 3.68. The second-order valence-corrected chi connectivity index (χ2v) is 5.78. The number of imide groups is 1. The Hall–Kier alpha value is -1.68. The number of ether oxygens (including phenoxy) is 1. The highest BCUT2D eigenvalue weighted by Gasteiger charge is 2.56. The van der Waals surface area contributed by atoms with Crippen LogP contribution in [0.5, 0.6) is 0 Å². The lowest BCUT2D eigenvalue weighted by Gasteiger charge is -2.53. The summed E-state index contributed by atoms with van der Waals surface area (Å²) < 4.78 is 5.62.